The molecule has 0 spiro atoms. The average Bonchev–Trinajstić information content (AvgIpc) is 1.58. The van der Waals surface area contributed by atoms with Gasteiger partial charge in [0.25, 0.3) is 0 Å². The van der Waals surface area contributed by atoms with Crippen molar-refractivity contribution < 1.29 is 43.3 Å². The first kappa shape index (κ1) is 72.0. The first-order valence-corrected chi connectivity index (χ1v) is 36.4. The standard InChI is InChI=1S/C84H101N3O9/c1-11-21-24-26-48-76(90)95-85-71(35-14-4)80(92)59-51-56(77-63-39-28-31-42-66(63)83(17-7,18-8)69(77)54-59)37-34-45-73(87-96-75(89)47-25-22-12-2)81(93)60-52-57(78-64-40-29-32-43-67(64)84(19-9,20-10)70(78)55-60)36-33-44-72(86-94-74(88)46-23-13-3)79(91)58-49-50-62-61-38-27-30-41-65(61)82(15-5,16-6)68(62)53-58/h27-32,38-43,49-55H,11-26,33-37,44-48H2,1-10H3/b85-71-,86-72-,87-73-. The molecule has 0 aromatic heterocycles. The number of fused-ring (bicyclic) bond motifs is 9. The minimum absolute atomic E-state index is 0.103. The van der Waals surface area contributed by atoms with Crippen LogP contribution in [0.2, 0.25) is 0 Å². The van der Waals surface area contributed by atoms with Gasteiger partial charge in [-0.1, -0.05) is 215 Å². The number of hydrogen-bond donors (Lipinski definition) is 0. The SMILES string of the molecule is CCCCCCC(=O)O/N=C(/CCC)C(=O)c1cc(CCC/C(=N/OC(=O)CCCCC)C(=O)c2cc(CCC/C(=N/OC(=O)CCCC)C(=O)c3ccc4c(c3)C(CC)(CC)c3ccccc3-4)c3c(c2)C(CC)(CC)c2ccccc2-3)c2c(c1)C(CC)(CC)c1ccccc1-2. The lowest BCUT2D eigenvalue weighted by molar-refractivity contribution is -0.144. The van der Waals surface area contributed by atoms with Crippen LogP contribution in [-0.2, 0) is 58.0 Å². The quantitative estimate of drug-likeness (QED) is 0.0121. The van der Waals surface area contributed by atoms with Gasteiger partial charge in [-0.05, 0) is 211 Å². The van der Waals surface area contributed by atoms with E-state index in [1.165, 1.54) is 22.3 Å². The van der Waals surface area contributed by atoms with Gasteiger partial charge in [0.1, 0.15) is 17.1 Å². The topological polar surface area (TPSA) is 167 Å². The molecule has 12 nitrogen and oxygen atoms in total. The van der Waals surface area contributed by atoms with Crippen LogP contribution in [0, 0.1) is 0 Å². The highest BCUT2D eigenvalue weighted by atomic mass is 16.7. The van der Waals surface area contributed by atoms with Crippen LogP contribution in [0.5, 0.6) is 0 Å². The fourth-order valence-corrected chi connectivity index (χ4v) is 15.8. The van der Waals surface area contributed by atoms with E-state index in [1.54, 1.807) is 0 Å². The number of unbranched alkanes of at least 4 members (excludes halogenated alkanes) is 6. The van der Waals surface area contributed by atoms with Crippen molar-refractivity contribution in [2.24, 2.45) is 15.5 Å². The molecule has 0 bridgehead atoms. The molecule has 0 unspecified atom stereocenters. The molecule has 6 aromatic rings. The largest absolute Gasteiger partial charge is 0.335 e. The molecule has 0 saturated heterocycles. The van der Waals surface area contributed by atoms with Crippen molar-refractivity contribution in [1.29, 1.82) is 0 Å². The zero-order valence-electron chi connectivity index (χ0n) is 58.9. The fourth-order valence-electron chi connectivity index (χ4n) is 15.8. The number of rotatable bonds is 37. The lowest BCUT2D eigenvalue weighted by atomic mass is 9.73. The van der Waals surface area contributed by atoms with E-state index in [0.29, 0.717) is 74.5 Å². The molecule has 9 rings (SSSR count). The summed E-state index contributed by atoms with van der Waals surface area (Å²) in [4.78, 5) is 102. The highest BCUT2D eigenvalue weighted by Crippen LogP contribution is 2.57. The van der Waals surface area contributed by atoms with Gasteiger partial charge < -0.3 is 14.5 Å². The number of aryl methyl sites for hydroxylation is 2. The third kappa shape index (κ3) is 14.7. The lowest BCUT2D eigenvalue weighted by Gasteiger charge is -2.30. The molecule has 0 saturated carbocycles. The number of benzene rings is 6. The summed E-state index contributed by atoms with van der Waals surface area (Å²) < 4.78 is 0. The van der Waals surface area contributed by atoms with Crippen LogP contribution in [0.15, 0.2) is 131 Å². The summed E-state index contributed by atoms with van der Waals surface area (Å²) in [5.41, 5.74) is 16.1. The van der Waals surface area contributed by atoms with Crippen molar-refractivity contribution >= 4 is 52.4 Å². The Morgan fingerprint density at radius 1 is 0.312 bits per heavy atom. The summed E-state index contributed by atoms with van der Waals surface area (Å²) in [6.45, 7) is 21.3. The maximum Gasteiger partial charge on any atom is 0.335 e. The predicted octanol–water partition coefficient (Wildman–Crippen LogP) is 20.8. The number of nitrogens with zero attached hydrogens (tertiary/aromatic N) is 3. The van der Waals surface area contributed by atoms with Crippen molar-refractivity contribution in [3.05, 3.63) is 176 Å². The summed E-state index contributed by atoms with van der Waals surface area (Å²) in [7, 11) is 0. The smallest absolute Gasteiger partial charge is 0.318 e. The molecule has 96 heavy (non-hydrogen) atoms. The van der Waals surface area contributed by atoms with E-state index in [4.69, 9.17) is 14.5 Å². The van der Waals surface area contributed by atoms with Crippen LogP contribution in [0.25, 0.3) is 33.4 Å². The highest BCUT2D eigenvalue weighted by Gasteiger charge is 2.45. The summed E-state index contributed by atoms with van der Waals surface area (Å²) in [6, 6.07) is 39.4. The second kappa shape index (κ2) is 33.1. The van der Waals surface area contributed by atoms with Crippen molar-refractivity contribution in [3.8, 4) is 33.4 Å². The van der Waals surface area contributed by atoms with Crippen molar-refractivity contribution in [3.63, 3.8) is 0 Å². The number of carbonyl (C=O) groups is 6. The Morgan fingerprint density at radius 2 is 0.667 bits per heavy atom. The summed E-state index contributed by atoms with van der Waals surface area (Å²) in [5, 5.41) is 13.2. The third-order valence-electron chi connectivity index (χ3n) is 21.3. The number of Topliss-reactive ketones (excluding diaryl/α,β-unsaturated/α-hetero) is 3. The van der Waals surface area contributed by atoms with Gasteiger partial charge in [0.15, 0.2) is 0 Å². The predicted molar refractivity (Wildman–Crippen MR) is 387 cm³/mol. The Bertz CT molecular complexity index is 3930. The first-order valence-electron chi connectivity index (χ1n) is 36.4. The summed E-state index contributed by atoms with van der Waals surface area (Å²) >= 11 is 0. The van der Waals surface area contributed by atoms with Gasteiger partial charge >= 0.3 is 17.9 Å². The molecule has 506 valence electrons. The Balaban J connectivity index is 1.08. The minimum Gasteiger partial charge on any atom is -0.318 e. The van der Waals surface area contributed by atoms with E-state index in [1.807, 2.05) is 50.2 Å². The molecular formula is C84H101N3O9. The number of oxime groups is 3. The van der Waals surface area contributed by atoms with Gasteiger partial charge in [-0.15, -0.1) is 0 Å². The number of hydrogen-bond acceptors (Lipinski definition) is 12. The number of ketones is 3. The molecule has 12 heteroatoms. The van der Waals surface area contributed by atoms with Crippen molar-refractivity contribution in [2.75, 3.05) is 0 Å². The fraction of sp³-hybridized carbons (Fsp3) is 0.464. The van der Waals surface area contributed by atoms with E-state index in [2.05, 4.69) is 150 Å². The average molecular weight is 1300 g/mol. The van der Waals surface area contributed by atoms with Gasteiger partial charge in [-0.3, -0.25) is 14.4 Å². The Morgan fingerprint density at radius 3 is 1.10 bits per heavy atom. The second-order valence-electron chi connectivity index (χ2n) is 26.7. The third-order valence-corrected chi connectivity index (χ3v) is 21.3. The normalized spacial score (nSPS) is 14.5. The second-order valence-corrected chi connectivity index (χ2v) is 26.7. The highest BCUT2D eigenvalue weighted by molar-refractivity contribution is 6.47. The molecule has 0 radical (unpaired) electrons. The molecule has 0 atom stereocenters. The molecular weight excluding hydrogens is 1190 g/mol. The van der Waals surface area contributed by atoms with Gasteiger partial charge in [0.05, 0.1) is 0 Å². The summed E-state index contributed by atoms with van der Waals surface area (Å²) in [6.07, 6.45) is 15.9. The van der Waals surface area contributed by atoms with Crippen LogP contribution in [0.1, 0.15) is 299 Å². The van der Waals surface area contributed by atoms with Gasteiger partial charge in [-0.25, -0.2) is 14.4 Å². The minimum atomic E-state index is -0.513. The van der Waals surface area contributed by atoms with Crippen LogP contribution in [0.4, 0.5) is 0 Å². The number of carbonyl (C=O) groups excluding carboxylic acids is 6. The molecule has 3 aliphatic rings. The molecule has 6 aromatic carbocycles. The van der Waals surface area contributed by atoms with Crippen LogP contribution in [-0.4, -0.2) is 52.4 Å². The van der Waals surface area contributed by atoms with Crippen molar-refractivity contribution in [1.82, 2.24) is 0 Å². The molecule has 0 fully saturated rings. The van der Waals surface area contributed by atoms with Gasteiger partial charge in [0, 0.05) is 52.2 Å². The van der Waals surface area contributed by atoms with E-state index in [0.717, 1.165) is 133 Å². The summed E-state index contributed by atoms with van der Waals surface area (Å²) in [5.74, 6) is -2.42. The Kier molecular flexibility index (Phi) is 24.9. The Hall–Kier alpha value is -8.25. The monoisotopic (exact) mass is 1300 g/mol. The van der Waals surface area contributed by atoms with Gasteiger partial charge in [0.2, 0.25) is 17.3 Å². The van der Waals surface area contributed by atoms with Crippen molar-refractivity contribution in [2.45, 2.75) is 252 Å². The molecule has 0 N–H and O–H groups in total. The molecule has 3 aliphatic carbocycles. The van der Waals surface area contributed by atoms with E-state index in [9.17, 15) is 19.2 Å². The molecule has 0 aliphatic heterocycles. The maximum atomic E-state index is 15.8. The molecule has 0 heterocycles. The van der Waals surface area contributed by atoms with Crippen LogP contribution >= 0.6 is 0 Å². The van der Waals surface area contributed by atoms with E-state index < -0.39 is 23.3 Å². The van der Waals surface area contributed by atoms with Gasteiger partial charge in [-0.2, -0.15) is 0 Å². The lowest BCUT2D eigenvalue weighted by Crippen LogP contribution is -2.24. The van der Waals surface area contributed by atoms with E-state index in [-0.39, 0.29) is 77.4 Å². The zero-order chi connectivity index (χ0) is 68.6. The van der Waals surface area contributed by atoms with Crippen LogP contribution < -0.4 is 0 Å². The molecule has 0 amide bonds. The zero-order valence-corrected chi connectivity index (χ0v) is 58.9. The maximum absolute atomic E-state index is 15.8. The Labute approximate surface area is 570 Å². The first-order chi connectivity index (χ1) is 46.6. The van der Waals surface area contributed by atoms with Crippen LogP contribution in [0.3, 0.4) is 0 Å². The van der Waals surface area contributed by atoms with E-state index >= 15 is 9.59 Å².